The van der Waals surface area contributed by atoms with Crippen LogP contribution in [-0.4, -0.2) is 15.5 Å². The summed E-state index contributed by atoms with van der Waals surface area (Å²) in [5, 5.41) is 3.11. The van der Waals surface area contributed by atoms with Gasteiger partial charge < -0.3 is 5.32 Å². The molecule has 0 saturated heterocycles. The number of hydrogen-bond acceptors (Lipinski definition) is 3. The van der Waals surface area contributed by atoms with Crippen molar-refractivity contribution in [3.8, 4) is 5.69 Å². The number of para-hydroxylation sites is 1. The van der Waals surface area contributed by atoms with E-state index in [0.717, 1.165) is 11.3 Å². The fourth-order valence-electron chi connectivity index (χ4n) is 2.66. The van der Waals surface area contributed by atoms with Crippen molar-refractivity contribution in [3.63, 3.8) is 0 Å². The van der Waals surface area contributed by atoms with E-state index < -0.39 is 0 Å². The van der Waals surface area contributed by atoms with Crippen LogP contribution >= 0.6 is 11.6 Å². The Hall–Kier alpha value is -2.66. The third-order valence-corrected chi connectivity index (χ3v) is 3.97. The zero-order chi connectivity index (χ0) is 17.3. The highest BCUT2D eigenvalue weighted by atomic mass is 35.5. The van der Waals surface area contributed by atoms with E-state index in [-0.39, 0.29) is 17.3 Å². The van der Waals surface area contributed by atoms with Gasteiger partial charge in [0.1, 0.15) is 5.82 Å². The van der Waals surface area contributed by atoms with E-state index in [4.69, 9.17) is 11.6 Å². The molecule has 1 amide bonds. The zero-order valence-electron chi connectivity index (χ0n) is 13.3. The zero-order valence-corrected chi connectivity index (χ0v) is 14.1. The van der Waals surface area contributed by atoms with E-state index in [2.05, 4.69) is 10.3 Å². The molecule has 0 aliphatic carbocycles. The summed E-state index contributed by atoms with van der Waals surface area (Å²) in [4.78, 5) is 28.8. The number of aromatic nitrogens is 2. The molecule has 0 spiro atoms. The highest BCUT2D eigenvalue weighted by Gasteiger charge is 2.14. The Balaban J connectivity index is 2.32. The lowest BCUT2D eigenvalue weighted by molar-refractivity contribution is -0.114. The lowest BCUT2D eigenvalue weighted by Gasteiger charge is -2.14. The van der Waals surface area contributed by atoms with Crippen LogP contribution in [0.4, 0.5) is 5.69 Å². The van der Waals surface area contributed by atoms with Gasteiger partial charge in [-0.15, -0.1) is 11.6 Å². The number of nitrogens with one attached hydrogen (secondary N) is 1. The Labute approximate surface area is 143 Å². The smallest absolute Gasteiger partial charge is 0.266 e. The Morgan fingerprint density at radius 3 is 2.67 bits per heavy atom. The SMILES string of the molecule is CC(=O)Nc1ccc2nc(CCl)n(-c3ccccc3C)c(=O)c2c1. The van der Waals surface area contributed by atoms with E-state index in [1.807, 2.05) is 31.2 Å². The normalized spacial score (nSPS) is 10.8. The van der Waals surface area contributed by atoms with Gasteiger partial charge in [0, 0.05) is 12.6 Å². The molecule has 5 nitrogen and oxygen atoms in total. The van der Waals surface area contributed by atoms with Crippen LogP contribution in [0.15, 0.2) is 47.3 Å². The molecule has 1 aromatic heterocycles. The number of nitrogens with zero attached hydrogens (tertiary/aromatic N) is 2. The Morgan fingerprint density at radius 2 is 2.00 bits per heavy atom. The van der Waals surface area contributed by atoms with Gasteiger partial charge in [-0.05, 0) is 36.8 Å². The van der Waals surface area contributed by atoms with Crippen LogP contribution in [0.1, 0.15) is 18.3 Å². The van der Waals surface area contributed by atoms with Crippen LogP contribution in [0.25, 0.3) is 16.6 Å². The quantitative estimate of drug-likeness (QED) is 0.743. The third kappa shape index (κ3) is 2.90. The molecule has 0 unspecified atom stereocenters. The predicted molar refractivity (Wildman–Crippen MR) is 95.9 cm³/mol. The van der Waals surface area contributed by atoms with Crippen molar-refractivity contribution < 1.29 is 4.79 Å². The second kappa shape index (κ2) is 6.45. The van der Waals surface area contributed by atoms with Crippen molar-refractivity contribution in [1.29, 1.82) is 0 Å². The van der Waals surface area contributed by atoms with Gasteiger partial charge in [-0.2, -0.15) is 0 Å². The number of fused-ring (bicyclic) bond motifs is 1. The maximum Gasteiger partial charge on any atom is 0.266 e. The van der Waals surface area contributed by atoms with E-state index >= 15 is 0 Å². The van der Waals surface area contributed by atoms with Crippen molar-refractivity contribution in [3.05, 3.63) is 64.2 Å². The summed E-state index contributed by atoms with van der Waals surface area (Å²) >= 11 is 6.03. The molecule has 3 rings (SSSR count). The Morgan fingerprint density at radius 1 is 1.25 bits per heavy atom. The number of hydrogen-bond donors (Lipinski definition) is 1. The third-order valence-electron chi connectivity index (χ3n) is 3.73. The molecular weight excluding hydrogens is 326 g/mol. The first-order chi connectivity index (χ1) is 11.5. The molecule has 0 atom stereocenters. The van der Waals surface area contributed by atoms with Crippen molar-refractivity contribution in [2.45, 2.75) is 19.7 Å². The number of carbonyl (C=O) groups is 1. The monoisotopic (exact) mass is 341 g/mol. The highest BCUT2D eigenvalue weighted by molar-refractivity contribution is 6.16. The van der Waals surface area contributed by atoms with E-state index in [0.29, 0.717) is 22.4 Å². The van der Waals surface area contributed by atoms with Crippen molar-refractivity contribution in [2.75, 3.05) is 5.32 Å². The summed E-state index contributed by atoms with van der Waals surface area (Å²) < 4.78 is 1.53. The standard InChI is InChI=1S/C18H16ClN3O2/c1-11-5-3-4-6-16(11)22-17(10-19)21-15-8-7-13(20-12(2)23)9-14(15)18(22)24/h3-9H,10H2,1-2H3,(H,20,23). The first kappa shape index (κ1) is 16.2. The molecule has 3 aromatic rings. The van der Waals surface area contributed by atoms with Gasteiger partial charge in [-0.1, -0.05) is 18.2 Å². The van der Waals surface area contributed by atoms with Gasteiger partial charge in [0.2, 0.25) is 5.91 Å². The number of aryl methyl sites for hydroxylation is 1. The maximum atomic E-state index is 13.1. The number of alkyl halides is 1. The molecule has 6 heteroatoms. The molecule has 122 valence electrons. The molecule has 0 fully saturated rings. The summed E-state index contributed by atoms with van der Waals surface area (Å²) in [7, 11) is 0. The summed E-state index contributed by atoms with van der Waals surface area (Å²) in [5.41, 5.74) is 2.60. The van der Waals surface area contributed by atoms with E-state index in [1.54, 1.807) is 18.2 Å². The fourth-order valence-corrected chi connectivity index (χ4v) is 2.84. The molecule has 0 radical (unpaired) electrons. The van der Waals surface area contributed by atoms with Crippen LogP contribution in [0, 0.1) is 6.92 Å². The molecular formula is C18H16ClN3O2. The summed E-state index contributed by atoms with van der Waals surface area (Å²) in [6, 6.07) is 12.6. The van der Waals surface area contributed by atoms with Crippen molar-refractivity contribution >= 4 is 34.1 Å². The molecule has 24 heavy (non-hydrogen) atoms. The number of anilines is 1. The minimum atomic E-state index is -0.211. The maximum absolute atomic E-state index is 13.1. The average molecular weight is 342 g/mol. The molecule has 0 aliphatic rings. The van der Waals surface area contributed by atoms with Gasteiger partial charge in [-0.25, -0.2) is 4.98 Å². The lowest BCUT2D eigenvalue weighted by Crippen LogP contribution is -2.24. The Kier molecular flexibility index (Phi) is 4.36. The van der Waals surface area contributed by atoms with E-state index in [1.165, 1.54) is 11.5 Å². The molecule has 0 aliphatic heterocycles. The second-order valence-electron chi connectivity index (χ2n) is 5.50. The first-order valence-corrected chi connectivity index (χ1v) is 8.00. The van der Waals surface area contributed by atoms with Gasteiger partial charge in [0.15, 0.2) is 0 Å². The number of carbonyl (C=O) groups excluding carboxylic acids is 1. The summed E-state index contributed by atoms with van der Waals surface area (Å²) in [6.07, 6.45) is 0. The highest BCUT2D eigenvalue weighted by Crippen LogP contribution is 2.19. The first-order valence-electron chi connectivity index (χ1n) is 7.46. The molecule has 1 N–H and O–H groups in total. The number of rotatable bonds is 3. The van der Waals surface area contributed by atoms with Gasteiger partial charge in [-0.3, -0.25) is 14.2 Å². The van der Waals surface area contributed by atoms with Gasteiger partial charge in [0.05, 0.1) is 22.5 Å². The topological polar surface area (TPSA) is 64.0 Å². The molecule has 0 bridgehead atoms. The second-order valence-corrected chi connectivity index (χ2v) is 5.77. The van der Waals surface area contributed by atoms with Crippen LogP contribution in [-0.2, 0) is 10.7 Å². The van der Waals surface area contributed by atoms with Gasteiger partial charge in [0.25, 0.3) is 5.56 Å². The number of amides is 1. The fraction of sp³-hybridized carbons (Fsp3) is 0.167. The van der Waals surface area contributed by atoms with Crippen LogP contribution in [0.2, 0.25) is 0 Å². The minimum Gasteiger partial charge on any atom is -0.326 e. The van der Waals surface area contributed by atoms with Gasteiger partial charge >= 0.3 is 0 Å². The summed E-state index contributed by atoms with van der Waals surface area (Å²) in [5.74, 6) is 0.405. The molecule has 1 heterocycles. The van der Waals surface area contributed by atoms with Crippen molar-refractivity contribution in [1.82, 2.24) is 9.55 Å². The molecule has 2 aromatic carbocycles. The number of benzene rings is 2. The van der Waals surface area contributed by atoms with Crippen LogP contribution in [0.3, 0.4) is 0 Å². The summed E-state index contributed by atoms with van der Waals surface area (Å²) in [6.45, 7) is 3.35. The molecule has 0 saturated carbocycles. The minimum absolute atomic E-state index is 0.118. The lowest BCUT2D eigenvalue weighted by atomic mass is 10.1. The average Bonchev–Trinajstić information content (AvgIpc) is 2.55. The van der Waals surface area contributed by atoms with Crippen molar-refractivity contribution in [2.24, 2.45) is 0 Å². The largest absolute Gasteiger partial charge is 0.326 e. The number of halogens is 1. The van der Waals surface area contributed by atoms with Crippen LogP contribution in [0.5, 0.6) is 0 Å². The Bertz CT molecular complexity index is 995. The van der Waals surface area contributed by atoms with E-state index in [9.17, 15) is 9.59 Å². The predicted octanol–water partition coefficient (Wildman–Crippen LogP) is 3.39. The van der Waals surface area contributed by atoms with Crippen LogP contribution < -0.4 is 10.9 Å².